The van der Waals surface area contributed by atoms with Gasteiger partial charge in [-0.1, -0.05) is 11.8 Å². The normalized spacial score (nSPS) is 32.7. The Kier molecular flexibility index (Phi) is 2.70. The monoisotopic (exact) mass is 287 g/mol. The quantitative estimate of drug-likeness (QED) is 0.819. The van der Waals surface area contributed by atoms with Crippen LogP contribution in [-0.4, -0.2) is 17.1 Å². The Bertz CT molecular complexity index is 578. The number of benzene rings is 1. The number of nitrogens with two attached hydrogens (primary N) is 2. The number of alkyl halides is 1. The maximum Gasteiger partial charge on any atom is 0.164 e. The van der Waals surface area contributed by atoms with Crippen molar-refractivity contribution in [2.24, 2.45) is 16.6 Å². The Labute approximate surface area is 112 Å². The van der Waals surface area contributed by atoms with Gasteiger partial charge >= 0.3 is 0 Å². The molecule has 19 heavy (non-hydrogen) atoms. The molecule has 3 atom stereocenters. The molecule has 4 N–H and O–H groups in total. The van der Waals surface area contributed by atoms with E-state index in [1.165, 1.54) is 17.8 Å². The van der Waals surface area contributed by atoms with Crippen molar-refractivity contribution in [3.8, 4) is 0 Å². The van der Waals surface area contributed by atoms with Gasteiger partial charge in [0.05, 0.1) is 0 Å². The lowest BCUT2D eigenvalue weighted by Gasteiger charge is -2.31. The maximum atomic E-state index is 14.0. The first-order chi connectivity index (χ1) is 8.98. The van der Waals surface area contributed by atoms with E-state index in [0.717, 1.165) is 6.07 Å². The Balaban J connectivity index is 2.20. The van der Waals surface area contributed by atoms with Crippen LogP contribution in [0.5, 0.6) is 0 Å². The van der Waals surface area contributed by atoms with Crippen molar-refractivity contribution in [1.82, 2.24) is 0 Å². The molecule has 0 aromatic heterocycles. The van der Waals surface area contributed by atoms with E-state index >= 15 is 0 Å². The number of amidine groups is 1. The van der Waals surface area contributed by atoms with Crippen LogP contribution in [0.15, 0.2) is 17.1 Å². The molecule has 3 rings (SSSR count). The van der Waals surface area contributed by atoms with Gasteiger partial charge in [0.15, 0.2) is 16.8 Å². The molecule has 1 aromatic rings. The highest BCUT2D eigenvalue weighted by atomic mass is 32.2. The number of nitrogens with zero attached hydrogens (tertiary/aromatic N) is 1. The third-order valence-electron chi connectivity index (χ3n) is 3.65. The minimum Gasteiger partial charge on any atom is -0.399 e. The summed E-state index contributed by atoms with van der Waals surface area (Å²) in [6.45, 7) is -0.921. The van der Waals surface area contributed by atoms with Gasteiger partial charge in [-0.3, -0.25) is 0 Å². The van der Waals surface area contributed by atoms with E-state index in [-0.39, 0.29) is 27.6 Å². The summed E-state index contributed by atoms with van der Waals surface area (Å²) in [4.78, 5) is 4.09. The van der Waals surface area contributed by atoms with Crippen LogP contribution in [-0.2, 0) is 5.54 Å². The Morgan fingerprint density at radius 3 is 2.79 bits per heavy atom. The summed E-state index contributed by atoms with van der Waals surface area (Å²) in [5, 5.41) is 0.329. The largest absolute Gasteiger partial charge is 0.399 e. The van der Waals surface area contributed by atoms with Gasteiger partial charge in [-0.05, 0) is 18.6 Å². The molecular weight excluding hydrogens is 275 g/mol. The number of thioether (sulfide) groups is 1. The van der Waals surface area contributed by atoms with E-state index in [1.807, 2.05) is 0 Å². The van der Waals surface area contributed by atoms with Gasteiger partial charge in [-0.2, -0.15) is 0 Å². The second-order valence-corrected chi connectivity index (χ2v) is 6.13. The number of halogens is 3. The SMILES string of the molecule is NC1=N[C@](CF)(c2cc(N)cc(F)c2F)[C@H]2CC2S1. The first-order valence-corrected chi connectivity index (χ1v) is 6.69. The number of hydrogen-bond acceptors (Lipinski definition) is 4. The molecule has 1 saturated carbocycles. The first kappa shape index (κ1) is 12.7. The second-order valence-electron chi connectivity index (χ2n) is 4.87. The number of nitrogen functional groups attached to an aromatic ring is 1. The number of hydrogen-bond donors (Lipinski definition) is 2. The highest BCUT2D eigenvalue weighted by Gasteiger charge is 2.58. The molecule has 3 nitrogen and oxygen atoms in total. The fourth-order valence-corrected chi connectivity index (χ4v) is 3.87. The van der Waals surface area contributed by atoms with Crippen LogP contribution in [0.25, 0.3) is 0 Å². The molecule has 1 unspecified atom stereocenters. The minimum absolute atomic E-state index is 0.0472. The molecule has 102 valence electrons. The third-order valence-corrected chi connectivity index (χ3v) is 4.80. The van der Waals surface area contributed by atoms with Crippen LogP contribution in [0.3, 0.4) is 0 Å². The summed E-state index contributed by atoms with van der Waals surface area (Å²) in [7, 11) is 0. The van der Waals surface area contributed by atoms with Crippen LogP contribution in [0, 0.1) is 17.6 Å². The van der Waals surface area contributed by atoms with Gasteiger partial charge in [0, 0.05) is 22.4 Å². The van der Waals surface area contributed by atoms with E-state index < -0.39 is 23.8 Å². The number of aliphatic imine (C=N–C) groups is 1. The topological polar surface area (TPSA) is 64.4 Å². The van der Waals surface area contributed by atoms with E-state index in [0.29, 0.717) is 6.42 Å². The molecule has 1 fully saturated rings. The lowest BCUT2D eigenvalue weighted by atomic mass is 9.85. The molecule has 7 heteroatoms. The van der Waals surface area contributed by atoms with Crippen LogP contribution < -0.4 is 11.5 Å². The molecule has 1 aromatic carbocycles. The number of anilines is 1. The lowest BCUT2D eigenvalue weighted by Crippen LogP contribution is -2.37. The van der Waals surface area contributed by atoms with Crippen molar-refractivity contribution in [3.05, 3.63) is 29.3 Å². The van der Waals surface area contributed by atoms with Gasteiger partial charge in [0.2, 0.25) is 0 Å². The summed E-state index contributed by atoms with van der Waals surface area (Å²) in [5.41, 5.74) is 9.67. The van der Waals surface area contributed by atoms with E-state index in [9.17, 15) is 13.2 Å². The molecule has 0 spiro atoms. The van der Waals surface area contributed by atoms with Crippen molar-refractivity contribution in [2.75, 3.05) is 12.4 Å². The third kappa shape index (κ3) is 1.79. The van der Waals surface area contributed by atoms with Gasteiger partial charge < -0.3 is 11.5 Å². The smallest absolute Gasteiger partial charge is 0.164 e. The van der Waals surface area contributed by atoms with Crippen LogP contribution in [0.1, 0.15) is 12.0 Å². The minimum atomic E-state index is -1.43. The summed E-state index contributed by atoms with van der Waals surface area (Å²) in [6.07, 6.45) is 0.689. The summed E-state index contributed by atoms with van der Waals surface area (Å²) in [5.74, 6) is -2.35. The van der Waals surface area contributed by atoms with E-state index in [2.05, 4.69) is 4.99 Å². The average Bonchev–Trinajstić information content (AvgIpc) is 3.12. The predicted octanol–water partition coefficient (Wildman–Crippen LogP) is 2.16. The number of rotatable bonds is 2. The molecule has 1 aliphatic heterocycles. The Morgan fingerprint density at radius 2 is 2.11 bits per heavy atom. The van der Waals surface area contributed by atoms with Gasteiger partial charge in [-0.25, -0.2) is 18.2 Å². The van der Waals surface area contributed by atoms with E-state index in [1.54, 1.807) is 0 Å². The first-order valence-electron chi connectivity index (χ1n) is 5.81. The molecule has 0 saturated heterocycles. The Morgan fingerprint density at radius 1 is 1.37 bits per heavy atom. The molecule has 0 amide bonds. The van der Waals surface area contributed by atoms with Crippen molar-refractivity contribution in [3.63, 3.8) is 0 Å². The summed E-state index contributed by atoms with van der Waals surface area (Å²) >= 11 is 1.36. The standard InChI is InChI=1S/C12H12F3N3S/c13-4-12(6-3-9(6)19-11(17)18-12)7-1-5(16)2-8(14)10(7)15/h1-2,6,9H,3-4,16H2,(H2,17,18)/t6-,9?,12-/m0/s1. The zero-order chi connectivity index (χ0) is 13.8. The van der Waals surface area contributed by atoms with Crippen molar-refractivity contribution in [1.29, 1.82) is 0 Å². The molecular formula is C12H12F3N3S. The van der Waals surface area contributed by atoms with Crippen molar-refractivity contribution in [2.45, 2.75) is 17.2 Å². The Hall–Kier alpha value is -1.37. The van der Waals surface area contributed by atoms with Gasteiger partial charge in [0.25, 0.3) is 0 Å². The highest BCUT2D eigenvalue weighted by Crippen LogP contribution is 2.58. The number of fused-ring (bicyclic) bond motifs is 1. The maximum absolute atomic E-state index is 14.0. The molecule has 0 bridgehead atoms. The van der Waals surface area contributed by atoms with Crippen molar-refractivity contribution >= 4 is 22.6 Å². The predicted molar refractivity (Wildman–Crippen MR) is 69.5 cm³/mol. The molecule has 1 heterocycles. The zero-order valence-corrected chi connectivity index (χ0v) is 10.7. The molecule has 1 aliphatic carbocycles. The summed E-state index contributed by atoms with van der Waals surface area (Å²) in [6, 6.07) is 2.12. The van der Waals surface area contributed by atoms with Gasteiger partial charge in [0.1, 0.15) is 12.2 Å². The lowest BCUT2D eigenvalue weighted by molar-refractivity contribution is 0.269. The average molecular weight is 287 g/mol. The van der Waals surface area contributed by atoms with Crippen LogP contribution in [0.4, 0.5) is 18.9 Å². The second kappa shape index (κ2) is 4.06. The highest BCUT2D eigenvalue weighted by molar-refractivity contribution is 8.14. The van der Waals surface area contributed by atoms with Crippen LogP contribution in [0.2, 0.25) is 0 Å². The fourth-order valence-electron chi connectivity index (χ4n) is 2.65. The van der Waals surface area contributed by atoms with Crippen LogP contribution >= 0.6 is 11.8 Å². The van der Waals surface area contributed by atoms with Crippen molar-refractivity contribution < 1.29 is 13.2 Å². The van der Waals surface area contributed by atoms with E-state index in [4.69, 9.17) is 11.5 Å². The zero-order valence-electron chi connectivity index (χ0n) is 9.87. The summed E-state index contributed by atoms with van der Waals surface area (Å²) < 4.78 is 41.1. The molecule has 2 aliphatic rings. The fraction of sp³-hybridized carbons (Fsp3) is 0.417. The molecule has 0 radical (unpaired) electrons. The van der Waals surface area contributed by atoms with Gasteiger partial charge in [-0.15, -0.1) is 0 Å².